The topological polar surface area (TPSA) is 68.7 Å². The molecule has 7 heteroatoms. The number of carbonyl (C=O) groups excluding carboxylic acids is 2. The summed E-state index contributed by atoms with van der Waals surface area (Å²) in [6.45, 7) is 4.48. The number of rotatable bonds is 8. The van der Waals surface area contributed by atoms with Crippen LogP contribution in [0.15, 0.2) is 54.6 Å². The summed E-state index contributed by atoms with van der Waals surface area (Å²) in [5, 5.41) is 0.597. The number of fused-ring (bicyclic) bond motifs is 1. The lowest BCUT2D eigenvalue weighted by atomic mass is 10.2. The first-order valence-corrected chi connectivity index (χ1v) is 10.2. The summed E-state index contributed by atoms with van der Waals surface area (Å²) < 4.78 is 11.5. The van der Waals surface area contributed by atoms with Crippen molar-refractivity contribution in [3.63, 3.8) is 0 Å². The second kappa shape index (κ2) is 9.84. The van der Waals surface area contributed by atoms with Crippen LogP contribution in [0, 0.1) is 0 Å². The number of esters is 1. The number of carbonyl (C=O) groups is 2. The van der Waals surface area contributed by atoms with Gasteiger partial charge in [-0.2, -0.15) is 0 Å². The molecule has 150 valence electrons. The maximum Gasteiger partial charge on any atom is 0.331 e. The number of hydrogen-bond acceptors (Lipinski definition) is 6. The summed E-state index contributed by atoms with van der Waals surface area (Å²) in [6.07, 6.45) is 2.94. The van der Waals surface area contributed by atoms with E-state index in [1.165, 1.54) is 22.3 Å². The zero-order valence-corrected chi connectivity index (χ0v) is 17.1. The second-order valence-electron chi connectivity index (χ2n) is 6.05. The fourth-order valence-electron chi connectivity index (χ4n) is 2.66. The van der Waals surface area contributed by atoms with Gasteiger partial charge in [-0.3, -0.25) is 9.69 Å². The fraction of sp³-hybridized carbons (Fsp3) is 0.227. The number of thiazole rings is 1. The lowest BCUT2D eigenvalue weighted by molar-refractivity contribution is -0.142. The molecule has 0 fully saturated rings. The normalized spacial score (nSPS) is 11.0. The molecular weight excluding hydrogens is 388 g/mol. The van der Waals surface area contributed by atoms with Gasteiger partial charge in [0.1, 0.15) is 5.75 Å². The van der Waals surface area contributed by atoms with E-state index < -0.39 is 5.97 Å². The third kappa shape index (κ3) is 5.42. The van der Waals surface area contributed by atoms with E-state index in [9.17, 15) is 9.59 Å². The van der Waals surface area contributed by atoms with E-state index in [4.69, 9.17) is 9.47 Å². The minimum Gasteiger partial charge on any atom is -0.494 e. The predicted octanol–water partition coefficient (Wildman–Crippen LogP) is 4.30. The highest BCUT2D eigenvalue weighted by Gasteiger charge is 2.19. The van der Waals surface area contributed by atoms with Gasteiger partial charge in [0.05, 0.1) is 16.8 Å². The fourth-order valence-corrected chi connectivity index (χ4v) is 3.71. The first-order chi connectivity index (χ1) is 14.1. The Morgan fingerprint density at radius 1 is 1.10 bits per heavy atom. The van der Waals surface area contributed by atoms with Crippen LogP contribution in [0.4, 0.5) is 5.13 Å². The number of benzene rings is 2. The van der Waals surface area contributed by atoms with Gasteiger partial charge in [0.2, 0.25) is 0 Å². The summed E-state index contributed by atoms with van der Waals surface area (Å²) in [4.78, 5) is 30.5. The van der Waals surface area contributed by atoms with Crippen LogP contribution in [0.2, 0.25) is 0 Å². The van der Waals surface area contributed by atoms with Crippen LogP contribution in [-0.2, 0) is 14.3 Å². The molecule has 3 aromatic rings. The number of amides is 1. The van der Waals surface area contributed by atoms with E-state index in [0.29, 0.717) is 18.3 Å². The van der Waals surface area contributed by atoms with Crippen LogP contribution in [0.1, 0.15) is 19.4 Å². The van der Waals surface area contributed by atoms with Crippen molar-refractivity contribution in [1.82, 2.24) is 4.98 Å². The molecule has 0 aliphatic carbocycles. The maximum absolute atomic E-state index is 12.5. The number of likely N-dealkylation sites (N-methyl/N-ethyl adjacent to an activating group) is 1. The Kier molecular flexibility index (Phi) is 6.97. The molecule has 1 aromatic heterocycles. The number of ether oxygens (including phenoxy) is 2. The van der Waals surface area contributed by atoms with E-state index >= 15 is 0 Å². The van der Waals surface area contributed by atoms with Crippen molar-refractivity contribution in [3.8, 4) is 5.75 Å². The highest BCUT2D eigenvalue weighted by Crippen LogP contribution is 2.28. The van der Waals surface area contributed by atoms with Crippen molar-refractivity contribution < 1.29 is 19.1 Å². The zero-order valence-electron chi connectivity index (χ0n) is 16.3. The number of anilines is 1. The van der Waals surface area contributed by atoms with Crippen molar-refractivity contribution in [2.24, 2.45) is 0 Å². The molecule has 6 nitrogen and oxygen atoms in total. The van der Waals surface area contributed by atoms with E-state index in [2.05, 4.69) is 4.98 Å². The summed E-state index contributed by atoms with van der Waals surface area (Å²) in [5.74, 6) is -0.116. The number of para-hydroxylation sites is 1. The molecule has 0 atom stereocenters. The quantitative estimate of drug-likeness (QED) is 0.409. The van der Waals surface area contributed by atoms with Crippen LogP contribution in [-0.4, -0.2) is 36.6 Å². The first kappa shape index (κ1) is 20.5. The Balaban J connectivity index is 1.56. The van der Waals surface area contributed by atoms with Gasteiger partial charge in [-0.1, -0.05) is 35.6 Å². The molecule has 0 saturated carbocycles. The molecule has 0 bridgehead atoms. The molecule has 0 radical (unpaired) electrons. The average Bonchev–Trinajstić information content (AvgIpc) is 3.16. The summed E-state index contributed by atoms with van der Waals surface area (Å²) in [5.41, 5.74) is 1.68. The third-order valence-electron chi connectivity index (χ3n) is 4.07. The third-order valence-corrected chi connectivity index (χ3v) is 5.13. The highest BCUT2D eigenvalue weighted by molar-refractivity contribution is 7.22. The maximum atomic E-state index is 12.5. The largest absolute Gasteiger partial charge is 0.494 e. The molecule has 29 heavy (non-hydrogen) atoms. The van der Waals surface area contributed by atoms with Gasteiger partial charge in [-0.25, -0.2) is 9.78 Å². The first-order valence-electron chi connectivity index (χ1n) is 9.34. The van der Waals surface area contributed by atoms with Crippen LogP contribution in [0.25, 0.3) is 16.3 Å². The minimum atomic E-state index is -0.576. The molecular formula is C22H22N2O4S. The van der Waals surface area contributed by atoms with Crippen molar-refractivity contribution in [2.75, 3.05) is 24.7 Å². The van der Waals surface area contributed by atoms with Gasteiger partial charge in [0.15, 0.2) is 11.7 Å². The lowest BCUT2D eigenvalue weighted by Crippen LogP contribution is -2.34. The Morgan fingerprint density at radius 3 is 2.55 bits per heavy atom. The summed E-state index contributed by atoms with van der Waals surface area (Å²) >= 11 is 1.43. The molecule has 1 amide bonds. The van der Waals surface area contributed by atoms with Crippen molar-refractivity contribution in [3.05, 3.63) is 60.2 Å². The number of nitrogens with zero attached hydrogens (tertiary/aromatic N) is 2. The zero-order chi connectivity index (χ0) is 20.6. The van der Waals surface area contributed by atoms with Crippen LogP contribution < -0.4 is 9.64 Å². The standard InChI is InChI=1S/C22H22N2O4S/c1-3-24(22-23-18-7-5-6-8-19(18)29-22)20(25)15-28-21(26)14-11-16-9-12-17(13-10-16)27-4-2/h5-14H,3-4,15H2,1-2H3/b14-11+. The lowest BCUT2D eigenvalue weighted by Gasteiger charge is -2.17. The van der Waals surface area contributed by atoms with Gasteiger partial charge in [-0.15, -0.1) is 0 Å². The van der Waals surface area contributed by atoms with Gasteiger partial charge in [-0.05, 0) is 49.8 Å². The van der Waals surface area contributed by atoms with Gasteiger partial charge >= 0.3 is 5.97 Å². The molecule has 3 rings (SSSR count). The van der Waals surface area contributed by atoms with Crippen LogP contribution >= 0.6 is 11.3 Å². The molecule has 0 N–H and O–H groups in total. The smallest absolute Gasteiger partial charge is 0.331 e. The molecule has 2 aromatic carbocycles. The molecule has 0 aliphatic heterocycles. The van der Waals surface area contributed by atoms with Crippen LogP contribution in [0.3, 0.4) is 0 Å². The SMILES string of the molecule is CCOc1ccc(/C=C/C(=O)OCC(=O)N(CC)c2nc3ccccc3s2)cc1. The average molecular weight is 410 g/mol. The van der Waals surface area contributed by atoms with Crippen molar-refractivity contribution >= 4 is 44.6 Å². The second-order valence-corrected chi connectivity index (χ2v) is 7.05. The summed E-state index contributed by atoms with van der Waals surface area (Å²) in [6, 6.07) is 15.0. The van der Waals surface area contributed by atoms with Crippen molar-refractivity contribution in [1.29, 1.82) is 0 Å². The molecule has 0 unspecified atom stereocenters. The molecule has 0 saturated heterocycles. The number of aromatic nitrogens is 1. The predicted molar refractivity (Wildman–Crippen MR) is 115 cm³/mol. The monoisotopic (exact) mass is 410 g/mol. The van der Waals surface area contributed by atoms with Crippen molar-refractivity contribution in [2.45, 2.75) is 13.8 Å². The van der Waals surface area contributed by atoms with E-state index in [-0.39, 0.29) is 12.5 Å². The Bertz CT molecular complexity index is 978. The van der Waals surface area contributed by atoms with E-state index in [1.807, 2.05) is 62.4 Å². The Hall–Kier alpha value is -3.19. The molecule has 0 aliphatic rings. The Labute approximate surface area is 173 Å². The summed E-state index contributed by atoms with van der Waals surface area (Å²) in [7, 11) is 0. The van der Waals surface area contributed by atoms with Gasteiger partial charge in [0, 0.05) is 12.6 Å². The van der Waals surface area contributed by atoms with E-state index in [0.717, 1.165) is 21.5 Å². The van der Waals surface area contributed by atoms with E-state index in [1.54, 1.807) is 6.08 Å². The molecule has 1 heterocycles. The van der Waals surface area contributed by atoms with Gasteiger partial charge in [0.25, 0.3) is 5.91 Å². The molecule has 0 spiro atoms. The number of hydrogen-bond donors (Lipinski definition) is 0. The van der Waals surface area contributed by atoms with Gasteiger partial charge < -0.3 is 9.47 Å². The Morgan fingerprint density at radius 2 is 1.86 bits per heavy atom. The highest BCUT2D eigenvalue weighted by atomic mass is 32.1. The van der Waals surface area contributed by atoms with Crippen LogP contribution in [0.5, 0.6) is 5.75 Å². The minimum absolute atomic E-state index is 0.311.